The van der Waals surface area contributed by atoms with E-state index in [-0.39, 0.29) is 17.1 Å². The predicted molar refractivity (Wildman–Crippen MR) is 94.6 cm³/mol. The Labute approximate surface area is 149 Å². The molecule has 2 aromatic heterocycles. The van der Waals surface area contributed by atoms with Crippen molar-refractivity contribution in [1.29, 1.82) is 0 Å². The van der Waals surface area contributed by atoms with Crippen LogP contribution in [0.3, 0.4) is 0 Å². The molecule has 0 unspecified atom stereocenters. The third kappa shape index (κ3) is 3.22. The zero-order chi connectivity index (χ0) is 17.9. The van der Waals surface area contributed by atoms with E-state index < -0.39 is 0 Å². The monoisotopic (exact) mass is 353 g/mol. The number of benzene rings is 1. The van der Waals surface area contributed by atoms with Gasteiger partial charge in [-0.25, -0.2) is 5.10 Å². The minimum atomic E-state index is -0.375. The predicted octanol–water partition coefficient (Wildman–Crippen LogP) is 2.28. The van der Waals surface area contributed by atoms with Crippen molar-refractivity contribution in [3.63, 3.8) is 0 Å². The highest BCUT2D eigenvalue weighted by atomic mass is 16.3. The molecule has 1 amide bonds. The molecule has 1 aliphatic rings. The van der Waals surface area contributed by atoms with Crippen molar-refractivity contribution < 1.29 is 9.21 Å². The van der Waals surface area contributed by atoms with Crippen LogP contribution >= 0.6 is 0 Å². The van der Waals surface area contributed by atoms with E-state index in [9.17, 15) is 9.59 Å². The van der Waals surface area contributed by atoms with Gasteiger partial charge in [-0.15, -0.1) is 5.10 Å². The van der Waals surface area contributed by atoms with Crippen LogP contribution in [0.25, 0.3) is 22.4 Å². The Morgan fingerprint density at radius 2 is 2.12 bits per heavy atom. The number of amides is 1. The van der Waals surface area contributed by atoms with Crippen molar-refractivity contribution >= 4 is 16.9 Å². The number of carbonyl (C=O) groups is 1. The van der Waals surface area contributed by atoms with Crippen molar-refractivity contribution in [3.05, 3.63) is 40.2 Å². The molecular formula is C18H19N5O3. The van der Waals surface area contributed by atoms with Gasteiger partial charge in [-0.05, 0) is 41.3 Å². The van der Waals surface area contributed by atoms with Crippen LogP contribution in [0.15, 0.2) is 33.5 Å². The largest absolute Gasteiger partial charge is 0.450 e. The fourth-order valence-electron chi connectivity index (χ4n) is 3.46. The normalized spacial score (nSPS) is 15.2. The second-order valence-electron chi connectivity index (χ2n) is 6.62. The molecule has 8 heteroatoms. The lowest BCUT2D eigenvalue weighted by atomic mass is 9.89. The highest BCUT2D eigenvalue weighted by Crippen LogP contribution is 2.25. The summed E-state index contributed by atoms with van der Waals surface area (Å²) in [5.74, 6) is 0.493. The molecule has 0 spiro atoms. The summed E-state index contributed by atoms with van der Waals surface area (Å²) >= 11 is 0. The van der Waals surface area contributed by atoms with E-state index in [4.69, 9.17) is 4.42 Å². The molecule has 4 rings (SSSR count). The lowest BCUT2D eigenvalue weighted by Crippen LogP contribution is -2.30. The van der Waals surface area contributed by atoms with E-state index >= 15 is 0 Å². The number of nitrogens with zero attached hydrogens (tertiary/aromatic N) is 3. The summed E-state index contributed by atoms with van der Waals surface area (Å²) in [6, 6.07) is 6.34. The molecule has 3 aromatic rings. The summed E-state index contributed by atoms with van der Waals surface area (Å²) in [5.41, 5.74) is 0.552. The number of H-pyrrole nitrogens is 1. The van der Waals surface area contributed by atoms with Crippen LogP contribution in [0.4, 0.5) is 0 Å². The zero-order valence-electron chi connectivity index (χ0n) is 14.2. The first-order chi connectivity index (χ1) is 12.7. The summed E-state index contributed by atoms with van der Waals surface area (Å²) in [6.45, 7) is 0.605. The van der Waals surface area contributed by atoms with Crippen molar-refractivity contribution in [3.8, 4) is 11.4 Å². The number of para-hydroxylation sites is 1. The van der Waals surface area contributed by atoms with Gasteiger partial charge in [-0.2, -0.15) is 0 Å². The van der Waals surface area contributed by atoms with Gasteiger partial charge in [0.05, 0.1) is 10.9 Å². The smallest absolute Gasteiger partial charge is 0.287 e. The quantitative estimate of drug-likeness (QED) is 0.744. The standard InChI is InChI=1S/C18H19N5O3/c24-14-9-15(18(25)19-10-11-5-2-1-3-6-11)26-16-12(14)7-4-8-13(16)17-20-22-23-21-17/h4,7-9,11H,1-3,5-6,10H2,(H,19,25)(H,20,21,22,23). The van der Waals surface area contributed by atoms with Gasteiger partial charge in [-0.1, -0.05) is 25.3 Å². The number of nitrogens with one attached hydrogen (secondary N) is 2. The third-order valence-corrected chi connectivity index (χ3v) is 4.85. The molecule has 1 aliphatic carbocycles. The van der Waals surface area contributed by atoms with Gasteiger partial charge < -0.3 is 9.73 Å². The molecule has 134 valence electrons. The molecule has 8 nitrogen and oxygen atoms in total. The lowest BCUT2D eigenvalue weighted by molar-refractivity contribution is 0.0916. The summed E-state index contributed by atoms with van der Waals surface area (Å²) < 4.78 is 5.77. The second kappa shape index (κ2) is 7.07. The van der Waals surface area contributed by atoms with Crippen molar-refractivity contribution in [1.82, 2.24) is 25.9 Å². The van der Waals surface area contributed by atoms with E-state index in [1.54, 1.807) is 18.2 Å². The fraction of sp³-hybridized carbons (Fsp3) is 0.389. The molecule has 0 radical (unpaired) electrons. The minimum absolute atomic E-state index is 0.00164. The first-order valence-corrected chi connectivity index (χ1v) is 8.81. The van der Waals surface area contributed by atoms with Gasteiger partial charge in [0.25, 0.3) is 5.91 Å². The summed E-state index contributed by atoms with van der Waals surface area (Å²) in [5, 5.41) is 16.9. The van der Waals surface area contributed by atoms with Crippen LogP contribution in [0.1, 0.15) is 42.7 Å². The summed E-state index contributed by atoms with van der Waals surface area (Å²) in [4.78, 5) is 24.9. The molecule has 2 heterocycles. The molecule has 26 heavy (non-hydrogen) atoms. The maximum atomic E-state index is 12.5. The molecule has 2 N–H and O–H groups in total. The molecule has 0 aliphatic heterocycles. The molecule has 1 aromatic carbocycles. The molecule has 1 saturated carbocycles. The van der Waals surface area contributed by atoms with Crippen molar-refractivity contribution in [2.75, 3.05) is 6.54 Å². The van der Waals surface area contributed by atoms with Gasteiger partial charge in [-0.3, -0.25) is 9.59 Å². The Morgan fingerprint density at radius 1 is 1.27 bits per heavy atom. The number of hydrogen-bond donors (Lipinski definition) is 2. The van der Waals surface area contributed by atoms with Gasteiger partial charge in [0.1, 0.15) is 5.58 Å². The van der Waals surface area contributed by atoms with Crippen LogP contribution in [0.2, 0.25) is 0 Å². The number of rotatable bonds is 4. The van der Waals surface area contributed by atoms with Gasteiger partial charge >= 0.3 is 0 Å². The number of aromatic amines is 1. The zero-order valence-corrected chi connectivity index (χ0v) is 14.2. The maximum absolute atomic E-state index is 12.5. The van der Waals surface area contributed by atoms with Gasteiger partial charge in [0.15, 0.2) is 17.0 Å². The first-order valence-electron chi connectivity index (χ1n) is 8.81. The lowest BCUT2D eigenvalue weighted by Gasteiger charge is -2.21. The number of carbonyl (C=O) groups excluding carboxylic acids is 1. The highest BCUT2D eigenvalue weighted by Gasteiger charge is 2.18. The third-order valence-electron chi connectivity index (χ3n) is 4.85. The first kappa shape index (κ1) is 16.4. The van der Waals surface area contributed by atoms with Crippen LogP contribution in [0.5, 0.6) is 0 Å². The van der Waals surface area contributed by atoms with Crippen LogP contribution in [0, 0.1) is 5.92 Å². The van der Waals surface area contributed by atoms with Crippen LogP contribution in [-0.2, 0) is 0 Å². The number of hydrogen-bond acceptors (Lipinski definition) is 6. The summed E-state index contributed by atoms with van der Waals surface area (Å²) in [7, 11) is 0. The van der Waals surface area contributed by atoms with E-state index in [0.717, 1.165) is 12.8 Å². The Kier molecular flexibility index (Phi) is 4.47. The SMILES string of the molecule is O=C(NCC1CCCCC1)c1cc(=O)c2cccc(-c3nnn[nH]3)c2o1. The van der Waals surface area contributed by atoms with Gasteiger partial charge in [0.2, 0.25) is 0 Å². The highest BCUT2D eigenvalue weighted by molar-refractivity contribution is 5.95. The topological polar surface area (TPSA) is 114 Å². The Bertz CT molecular complexity index is 974. The molecule has 1 fully saturated rings. The Morgan fingerprint density at radius 3 is 2.88 bits per heavy atom. The average Bonchev–Trinajstić information content (AvgIpc) is 3.21. The van der Waals surface area contributed by atoms with Crippen LogP contribution in [-0.4, -0.2) is 33.1 Å². The number of aromatic nitrogens is 4. The molecule has 0 bridgehead atoms. The van der Waals surface area contributed by atoms with Crippen molar-refractivity contribution in [2.45, 2.75) is 32.1 Å². The van der Waals surface area contributed by atoms with E-state index in [0.29, 0.717) is 34.8 Å². The molecular weight excluding hydrogens is 334 g/mol. The van der Waals surface area contributed by atoms with Gasteiger partial charge in [0, 0.05) is 12.6 Å². The fourth-order valence-corrected chi connectivity index (χ4v) is 3.46. The van der Waals surface area contributed by atoms with Crippen LogP contribution < -0.4 is 10.7 Å². The average molecular weight is 353 g/mol. The minimum Gasteiger partial charge on any atom is -0.450 e. The molecule has 0 saturated heterocycles. The van der Waals surface area contributed by atoms with E-state index in [1.165, 1.54) is 25.3 Å². The number of tetrazole rings is 1. The van der Waals surface area contributed by atoms with E-state index in [2.05, 4.69) is 25.9 Å². The number of fused-ring (bicyclic) bond motifs is 1. The van der Waals surface area contributed by atoms with Crippen molar-refractivity contribution in [2.24, 2.45) is 5.92 Å². The Hall–Kier alpha value is -3.03. The van der Waals surface area contributed by atoms with E-state index in [1.807, 2.05) is 0 Å². The maximum Gasteiger partial charge on any atom is 0.287 e. The second-order valence-corrected chi connectivity index (χ2v) is 6.62. The molecule has 0 atom stereocenters. The Balaban J connectivity index is 1.64. The summed E-state index contributed by atoms with van der Waals surface area (Å²) in [6.07, 6.45) is 5.94.